The monoisotopic (exact) mass is 325 g/mol. The van der Waals surface area contributed by atoms with E-state index < -0.39 is 0 Å². The summed E-state index contributed by atoms with van der Waals surface area (Å²) in [6.45, 7) is 3.38. The summed E-state index contributed by atoms with van der Waals surface area (Å²) in [5, 5.41) is 10.8. The highest BCUT2D eigenvalue weighted by molar-refractivity contribution is 5.94. The number of carbonyl (C=O) groups is 1. The van der Waals surface area contributed by atoms with E-state index in [1.54, 1.807) is 6.20 Å². The second-order valence-electron chi connectivity index (χ2n) is 6.79. The van der Waals surface area contributed by atoms with E-state index in [0.29, 0.717) is 18.2 Å². The van der Waals surface area contributed by atoms with Gasteiger partial charge in [0.05, 0.1) is 0 Å². The van der Waals surface area contributed by atoms with Crippen LogP contribution in [0.15, 0.2) is 24.5 Å². The summed E-state index contributed by atoms with van der Waals surface area (Å²) in [5.41, 5.74) is 3.95. The maximum atomic E-state index is 13.2. The number of aromatic nitrogens is 3. The predicted molar refractivity (Wildman–Crippen MR) is 90.6 cm³/mol. The first-order valence-corrected chi connectivity index (χ1v) is 8.76. The number of aryl methyl sites for hydroxylation is 1. The Kier molecular flexibility index (Phi) is 4.30. The van der Waals surface area contributed by atoms with Crippen molar-refractivity contribution < 1.29 is 4.79 Å². The Labute approximate surface area is 141 Å². The minimum Gasteiger partial charge on any atom is -0.333 e. The van der Waals surface area contributed by atoms with Gasteiger partial charge in [0, 0.05) is 36.7 Å². The molecule has 24 heavy (non-hydrogen) atoms. The molecule has 0 bridgehead atoms. The summed E-state index contributed by atoms with van der Waals surface area (Å²) in [6, 6.07) is 3.94. The Bertz CT molecular complexity index is 705. The lowest BCUT2D eigenvalue weighted by molar-refractivity contribution is 0.0711. The Hall–Kier alpha value is -2.21. The highest BCUT2D eigenvalue weighted by atomic mass is 16.2. The molecule has 6 nitrogen and oxygen atoms in total. The summed E-state index contributed by atoms with van der Waals surface area (Å²) in [7, 11) is 0. The summed E-state index contributed by atoms with van der Waals surface area (Å²) < 4.78 is 0. The molecule has 0 spiro atoms. The van der Waals surface area contributed by atoms with Gasteiger partial charge in [-0.3, -0.25) is 14.9 Å². The average Bonchev–Trinajstić information content (AvgIpc) is 3.32. The van der Waals surface area contributed by atoms with Gasteiger partial charge < -0.3 is 10.2 Å². The van der Waals surface area contributed by atoms with Crippen molar-refractivity contribution in [2.45, 2.75) is 32.2 Å². The molecule has 126 valence electrons. The van der Waals surface area contributed by atoms with Crippen molar-refractivity contribution >= 4 is 5.91 Å². The molecule has 2 N–H and O–H groups in total. The molecular weight excluding hydrogens is 302 g/mol. The van der Waals surface area contributed by atoms with Crippen LogP contribution in [-0.2, 0) is 19.4 Å². The van der Waals surface area contributed by atoms with Crippen molar-refractivity contribution in [1.29, 1.82) is 0 Å². The number of amides is 1. The van der Waals surface area contributed by atoms with Crippen LogP contribution in [0.3, 0.4) is 0 Å². The maximum Gasteiger partial charge on any atom is 0.274 e. The minimum absolute atomic E-state index is 0.0464. The van der Waals surface area contributed by atoms with Crippen molar-refractivity contribution in [3.05, 3.63) is 47.0 Å². The maximum absolute atomic E-state index is 13.2. The second-order valence-corrected chi connectivity index (χ2v) is 6.79. The normalized spacial score (nSPS) is 19.4. The zero-order valence-electron chi connectivity index (χ0n) is 13.8. The van der Waals surface area contributed by atoms with E-state index in [4.69, 9.17) is 0 Å². The van der Waals surface area contributed by atoms with Crippen LogP contribution in [0.25, 0.3) is 0 Å². The molecule has 1 aliphatic carbocycles. The molecule has 4 rings (SSSR count). The lowest BCUT2D eigenvalue weighted by atomic mass is 10.1. The van der Waals surface area contributed by atoms with Crippen LogP contribution in [-0.4, -0.2) is 45.6 Å². The van der Waals surface area contributed by atoms with Crippen LogP contribution in [0, 0.1) is 5.92 Å². The van der Waals surface area contributed by atoms with Gasteiger partial charge in [0.1, 0.15) is 0 Å². The quantitative estimate of drug-likeness (QED) is 0.875. The van der Waals surface area contributed by atoms with E-state index >= 15 is 0 Å². The van der Waals surface area contributed by atoms with E-state index in [-0.39, 0.29) is 5.91 Å². The van der Waals surface area contributed by atoms with Crippen LogP contribution in [0.2, 0.25) is 0 Å². The lowest BCUT2D eigenvalue weighted by Crippen LogP contribution is -2.36. The number of carbonyl (C=O) groups excluding carboxylic acids is 1. The largest absolute Gasteiger partial charge is 0.333 e. The highest BCUT2D eigenvalue weighted by Crippen LogP contribution is 2.25. The number of H-pyrrole nitrogens is 1. The smallest absolute Gasteiger partial charge is 0.274 e. The first kappa shape index (κ1) is 15.3. The Balaban J connectivity index is 1.57. The molecule has 1 atom stereocenters. The van der Waals surface area contributed by atoms with Crippen LogP contribution >= 0.6 is 0 Å². The van der Waals surface area contributed by atoms with Gasteiger partial charge in [-0.15, -0.1) is 0 Å². The van der Waals surface area contributed by atoms with E-state index in [9.17, 15) is 4.79 Å². The predicted octanol–water partition coefficient (Wildman–Crippen LogP) is 1.55. The van der Waals surface area contributed by atoms with Gasteiger partial charge in [-0.2, -0.15) is 5.10 Å². The fourth-order valence-corrected chi connectivity index (χ4v) is 3.76. The molecule has 2 aromatic heterocycles. The standard InChI is InChI=1S/C18H23N5O/c24-18(17-15-4-1-5-16(15)21-22-17)23(12-14-6-8-20-10-14)11-13-3-2-7-19-9-13/h2-3,7,9,14,20H,1,4-6,8,10-12H2,(H,21,22)/t14-/m0/s1. The molecular formula is C18H23N5O. The number of nitrogens with one attached hydrogen (secondary N) is 2. The van der Waals surface area contributed by atoms with Crippen molar-refractivity contribution in [3.63, 3.8) is 0 Å². The summed E-state index contributed by atoms with van der Waals surface area (Å²) in [6.07, 6.45) is 7.79. The molecule has 3 heterocycles. The number of pyridine rings is 1. The molecule has 1 aliphatic heterocycles. The minimum atomic E-state index is 0.0464. The first-order valence-electron chi connectivity index (χ1n) is 8.76. The summed E-state index contributed by atoms with van der Waals surface area (Å²) >= 11 is 0. The van der Waals surface area contributed by atoms with Gasteiger partial charge in [-0.25, -0.2) is 0 Å². The van der Waals surface area contributed by atoms with Crippen LogP contribution < -0.4 is 5.32 Å². The van der Waals surface area contributed by atoms with Gasteiger partial charge in [0.15, 0.2) is 5.69 Å². The SMILES string of the molecule is O=C(c1n[nH]c2c1CCC2)N(Cc1cccnc1)C[C@H]1CCNC1. The van der Waals surface area contributed by atoms with Gasteiger partial charge in [0.2, 0.25) is 0 Å². The van der Waals surface area contributed by atoms with Gasteiger partial charge >= 0.3 is 0 Å². The molecule has 0 saturated carbocycles. The van der Waals surface area contributed by atoms with E-state index in [2.05, 4.69) is 20.5 Å². The number of hydrogen-bond acceptors (Lipinski definition) is 4. The molecule has 1 fully saturated rings. The van der Waals surface area contributed by atoms with Gasteiger partial charge in [0.25, 0.3) is 5.91 Å². The number of fused-ring (bicyclic) bond motifs is 1. The molecule has 0 unspecified atom stereocenters. The van der Waals surface area contributed by atoms with Crippen LogP contribution in [0.1, 0.15) is 40.2 Å². The number of nitrogens with zero attached hydrogens (tertiary/aromatic N) is 3. The molecule has 0 aromatic carbocycles. The van der Waals surface area contributed by atoms with Gasteiger partial charge in [-0.05, 0) is 56.3 Å². The number of hydrogen-bond donors (Lipinski definition) is 2. The van der Waals surface area contributed by atoms with Crippen molar-refractivity contribution in [2.75, 3.05) is 19.6 Å². The molecule has 1 amide bonds. The van der Waals surface area contributed by atoms with Crippen LogP contribution in [0.5, 0.6) is 0 Å². The Morgan fingerprint density at radius 2 is 2.33 bits per heavy atom. The van der Waals surface area contributed by atoms with E-state index in [0.717, 1.165) is 62.1 Å². The van der Waals surface area contributed by atoms with Crippen molar-refractivity contribution in [2.24, 2.45) is 5.92 Å². The zero-order chi connectivity index (χ0) is 16.4. The third-order valence-electron chi connectivity index (χ3n) is 5.03. The van der Waals surface area contributed by atoms with Crippen molar-refractivity contribution in [3.8, 4) is 0 Å². The fourth-order valence-electron chi connectivity index (χ4n) is 3.76. The fraction of sp³-hybridized carbons (Fsp3) is 0.500. The first-order chi connectivity index (χ1) is 11.8. The molecule has 1 saturated heterocycles. The third kappa shape index (κ3) is 3.06. The van der Waals surface area contributed by atoms with Crippen LogP contribution in [0.4, 0.5) is 0 Å². The number of aromatic amines is 1. The third-order valence-corrected chi connectivity index (χ3v) is 5.03. The van der Waals surface area contributed by atoms with E-state index in [1.807, 2.05) is 23.2 Å². The van der Waals surface area contributed by atoms with E-state index in [1.165, 1.54) is 0 Å². The Morgan fingerprint density at radius 3 is 3.12 bits per heavy atom. The molecule has 0 radical (unpaired) electrons. The van der Waals surface area contributed by atoms with Crippen molar-refractivity contribution in [1.82, 2.24) is 25.4 Å². The molecule has 6 heteroatoms. The number of rotatable bonds is 5. The summed E-state index contributed by atoms with van der Waals surface area (Å²) in [4.78, 5) is 19.3. The average molecular weight is 325 g/mol. The zero-order valence-corrected chi connectivity index (χ0v) is 13.8. The molecule has 2 aliphatic rings. The van der Waals surface area contributed by atoms with Gasteiger partial charge in [-0.1, -0.05) is 6.07 Å². The topological polar surface area (TPSA) is 73.9 Å². The second kappa shape index (κ2) is 6.73. The summed E-state index contributed by atoms with van der Waals surface area (Å²) in [5.74, 6) is 0.558. The molecule has 2 aromatic rings. The lowest BCUT2D eigenvalue weighted by Gasteiger charge is -2.25. The highest BCUT2D eigenvalue weighted by Gasteiger charge is 2.28. The Morgan fingerprint density at radius 1 is 1.38 bits per heavy atom.